The zero-order chi connectivity index (χ0) is 19.0. The zero-order valence-electron chi connectivity index (χ0n) is 14.9. The second-order valence-corrected chi connectivity index (χ2v) is 7.06. The highest BCUT2D eigenvalue weighted by molar-refractivity contribution is 7.98. The lowest BCUT2D eigenvalue weighted by Gasteiger charge is -2.22. The molecule has 1 aromatic carbocycles. The van der Waals surface area contributed by atoms with Crippen LogP contribution in [0.5, 0.6) is 0 Å². The summed E-state index contributed by atoms with van der Waals surface area (Å²) >= 11 is 1.51. The minimum absolute atomic E-state index is 0.113. The largest absolute Gasteiger partial charge is 0.469 e. The van der Waals surface area contributed by atoms with Gasteiger partial charge in [0, 0.05) is 18.4 Å². The van der Waals surface area contributed by atoms with Crippen LogP contribution in [0.25, 0.3) is 0 Å². The van der Waals surface area contributed by atoms with Gasteiger partial charge in [-0.2, -0.15) is 5.10 Å². The third-order valence-electron chi connectivity index (χ3n) is 4.55. The number of carbonyl (C=O) groups excluding carboxylic acids is 2. The molecule has 0 spiro atoms. The summed E-state index contributed by atoms with van der Waals surface area (Å²) in [7, 11) is 1.73. The van der Waals surface area contributed by atoms with Crippen LogP contribution in [0.2, 0.25) is 0 Å². The van der Waals surface area contributed by atoms with E-state index < -0.39 is 0 Å². The number of aromatic nitrogens is 2. The summed E-state index contributed by atoms with van der Waals surface area (Å²) in [6, 6.07) is 11.0. The number of nitrogens with zero attached hydrogens (tertiary/aromatic N) is 2. The molecule has 1 unspecified atom stereocenters. The summed E-state index contributed by atoms with van der Waals surface area (Å²) in [4.78, 5) is 25.9. The molecular formula is C19H18N4O3S. The number of hydrogen-bond donors (Lipinski definition) is 2. The molecule has 0 aliphatic carbocycles. The molecule has 4 rings (SSSR count). The highest BCUT2D eigenvalue weighted by Gasteiger charge is 2.35. The van der Waals surface area contributed by atoms with E-state index >= 15 is 0 Å². The number of nitrogens with one attached hydrogen (secondary N) is 2. The van der Waals surface area contributed by atoms with Gasteiger partial charge < -0.3 is 15.1 Å². The zero-order valence-corrected chi connectivity index (χ0v) is 15.7. The number of rotatable bonds is 4. The first kappa shape index (κ1) is 17.4. The summed E-state index contributed by atoms with van der Waals surface area (Å²) in [5.41, 5.74) is 1.33. The van der Waals surface area contributed by atoms with Crippen molar-refractivity contribution in [3.63, 3.8) is 0 Å². The van der Waals surface area contributed by atoms with Crippen LogP contribution in [0, 0.1) is 0 Å². The van der Waals surface area contributed by atoms with E-state index in [9.17, 15) is 9.59 Å². The van der Waals surface area contributed by atoms with Crippen LogP contribution in [-0.4, -0.2) is 27.9 Å². The normalized spacial score (nSPS) is 15.9. The quantitative estimate of drug-likeness (QED) is 0.675. The van der Waals surface area contributed by atoms with Crippen LogP contribution in [0.1, 0.15) is 34.0 Å². The van der Waals surface area contributed by atoms with Gasteiger partial charge >= 0.3 is 0 Å². The Morgan fingerprint density at radius 1 is 1.33 bits per heavy atom. The summed E-state index contributed by atoms with van der Waals surface area (Å²) in [6.45, 7) is 0. The molecule has 3 aromatic rings. The van der Waals surface area contributed by atoms with E-state index in [1.807, 2.05) is 30.5 Å². The summed E-state index contributed by atoms with van der Waals surface area (Å²) in [5, 5.41) is 10.2. The number of fused-ring (bicyclic) bond motifs is 1. The predicted octanol–water partition coefficient (Wildman–Crippen LogP) is 3.46. The van der Waals surface area contributed by atoms with Gasteiger partial charge in [-0.1, -0.05) is 12.1 Å². The smallest absolute Gasteiger partial charge is 0.258 e. The van der Waals surface area contributed by atoms with Gasteiger partial charge in [0.05, 0.1) is 23.3 Å². The van der Waals surface area contributed by atoms with Crippen molar-refractivity contribution in [2.24, 2.45) is 7.05 Å². The average Bonchev–Trinajstić information content (AvgIpc) is 3.30. The van der Waals surface area contributed by atoms with Gasteiger partial charge in [-0.15, -0.1) is 11.8 Å². The Balaban J connectivity index is 1.74. The number of amides is 2. The van der Waals surface area contributed by atoms with Crippen LogP contribution < -0.4 is 10.6 Å². The van der Waals surface area contributed by atoms with E-state index in [0.717, 1.165) is 10.5 Å². The van der Waals surface area contributed by atoms with Crippen molar-refractivity contribution >= 4 is 35.2 Å². The molecule has 1 aliphatic rings. The second-order valence-electron chi connectivity index (χ2n) is 6.21. The summed E-state index contributed by atoms with van der Waals surface area (Å²) < 4.78 is 7.10. The van der Waals surface area contributed by atoms with Crippen molar-refractivity contribution in [3.05, 3.63) is 59.5 Å². The fourth-order valence-corrected chi connectivity index (χ4v) is 3.92. The number of anilines is 2. The molecule has 138 valence electrons. The number of hydrogen-bond acceptors (Lipinski definition) is 5. The number of thioether (sulfide) groups is 1. The molecule has 2 N–H and O–H groups in total. The number of carbonyl (C=O) groups is 2. The maximum absolute atomic E-state index is 12.9. The first-order chi connectivity index (χ1) is 13.1. The van der Waals surface area contributed by atoms with Gasteiger partial charge in [0.15, 0.2) is 5.82 Å². The van der Waals surface area contributed by atoms with Crippen molar-refractivity contribution < 1.29 is 14.0 Å². The minimum atomic E-state index is -0.302. The Morgan fingerprint density at radius 3 is 2.89 bits per heavy atom. The fraction of sp³-hybridized carbons (Fsp3) is 0.211. The Bertz CT molecular complexity index is 1010. The van der Waals surface area contributed by atoms with Gasteiger partial charge in [-0.05, 0) is 30.5 Å². The van der Waals surface area contributed by atoms with Crippen LogP contribution in [0.15, 0.2) is 52.0 Å². The van der Waals surface area contributed by atoms with Crippen molar-refractivity contribution in [1.82, 2.24) is 9.78 Å². The molecule has 8 heteroatoms. The third kappa shape index (κ3) is 3.12. The molecule has 0 saturated carbocycles. The average molecular weight is 382 g/mol. The van der Waals surface area contributed by atoms with E-state index in [1.165, 1.54) is 11.8 Å². The van der Waals surface area contributed by atoms with Gasteiger partial charge in [0.2, 0.25) is 5.91 Å². The van der Waals surface area contributed by atoms with Crippen LogP contribution in [0.4, 0.5) is 11.6 Å². The Morgan fingerprint density at radius 2 is 2.15 bits per heavy atom. The molecule has 0 saturated heterocycles. The molecule has 2 aromatic heterocycles. The summed E-state index contributed by atoms with van der Waals surface area (Å²) in [5.74, 6) is 1.01. The Kier molecular flexibility index (Phi) is 4.49. The molecule has 2 amide bonds. The van der Waals surface area contributed by atoms with E-state index in [-0.39, 0.29) is 24.2 Å². The van der Waals surface area contributed by atoms with Crippen molar-refractivity contribution in [3.8, 4) is 0 Å². The SMILES string of the molecule is CSc1ccccc1C(=O)Nc1nn(C)c2c1C(c1ccco1)CC(=O)N2. The lowest BCUT2D eigenvalue weighted by molar-refractivity contribution is -0.116. The topological polar surface area (TPSA) is 89.2 Å². The molecule has 7 nitrogen and oxygen atoms in total. The molecule has 0 fully saturated rings. The van der Waals surface area contributed by atoms with Crippen molar-refractivity contribution in [2.45, 2.75) is 17.2 Å². The number of benzene rings is 1. The molecule has 1 atom stereocenters. The van der Waals surface area contributed by atoms with Gasteiger partial charge in [-0.25, -0.2) is 0 Å². The van der Waals surface area contributed by atoms with Crippen LogP contribution in [-0.2, 0) is 11.8 Å². The van der Waals surface area contributed by atoms with Crippen LogP contribution >= 0.6 is 11.8 Å². The first-order valence-electron chi connectivity index (χ1n) is 8.43. The molecule has 0 bridgehead atoms. The van der Waals surface area contributed by atoms with E-state index in [4.69, 9.17) is 4.42 Å². The minimum Gasteiger partial charge on any atom is -0.469 e. The Hall–Kier alpha value is -3.00. The van der Waals surface area contributed by atoms with E-state index in [2.05, 4.69) is 15.7 Å². The lowest BCUT2D eigenvalue weighted by Crippen LogP contribution is -2.25. The number of aryl methyl sites for hydroxylation is 1. The maximum atomic E-state index is 12.9. The van der Waals surface area contributed by atoms with E-state index in [0.29, 0.717) is 23.0 Å². The van der Waals surface area contributed by atoms with E-state index in [1.54, 1.807) is 30.1 Å². The number of furan rings is 1. The highest BCUT2D eigenvalue weighted by Crippen LogP contribution is 2.41. The second kappa shape index (κ2) is 6.96. The highest BCUT2D eigenvalue weighted by atomic mass is 32.2. The molecule has 0 radical (unpaired) electrons. The van der Waals surface area contributed by atoms with Crippen molar-refractivity contribution in [1.29, 1.82) is 0 Å². The maximum Gasteiger partial charge on any atom is 0.258 e. The standard InChI is InChI=1S/C19H18N4O3S/c1-23-18-16(12(10-15(24)20-18)13-7-5-9-26-13)17(22-23)21-19(25)11-6-3-4-8-14(11)27-2/h3-9,12H,10H2,1-2H3,(H,20,24)(H,21,22,25). The lowest BCUT2D eigenvalue weighted by atomic mass is 9.91. The van der Waals surface area contributed by atoms with Gasteiger partial charge in [0.1, 0.15) is 11.6 Å². The molecule has 1 aliphatic heterocycles. The van der Waals surface area contributed by atoms with Gasteiger partial charge in [-0.3, -0.25) is 14.3 Å². The van der Waals surface area contributed by atoms with Crippen molar-refractivity contribution in [2.75, 3.05) is 16.9 Å². The molecular weight excluding hydrogens is 364 g/mol. The predicted molar refractivity (Wildman–Crippen MR) is 103 cm³/mol. The molecule has 3 heterocycles. The third-order valence-corrected chi connectivity index (χ3v) is 5.35. The molecule has 27 heavy (non-hydrogen) atoms. The monoisotopic (exact) mass is 382 g/mol. The Labute approximate surface area is 160 Å². The summed E-state index contributed by atoms with van der Waals surface area (Å²) in [6.07, 6.45) is 3.73. The fourth-order valence-electron chi connectivity index (χ4n) is 3.32. The van der Waals surface area contributed by atoms with Gasteiger partial charge in [0.25, 0.3) is 5.91 Å². The first-order valence-corrected chi connectivity index (χ1v) is 9.65. The van der Waals surface area contributed by atoms with Crippen LogP contribution in [0.3, 0.4) is 0 Å².